The Hall–Kier alpha value is -1.52. The van der Waals surface area contributed by atoms with Gasteiger partial charge in [0.05, 0.1) is 18.8 Å². The van der Waals surface area contributed by atoms with Gasteiger partial charge < -0.3 is 13.9 Å². The van der Waals surface area contributed by atoms with Crippen LogP contribution in [0.25, 0.3) is 0 Å². The van der Waals surface area contributed by atoms with Crippen LogP contribution in [0.3, 0.4) is 0 Å². The third-order valence-corrected chi connectivity index (χ3v) is 4.85. The molecule has 0 unspecified atom stereocenters. The van der Waals surface area contributed by atoms with Crippen molar-refractivity contribution >= 4 is 34.9 Å². The zero-order valence-electron chi connectivity index (χ0n) is 12.0. The van der Waals surface area contributed by atoms with Gasteiger partial charge in [-0.15, -0.1) is 0 Å². The van der Waals surface area contributed by atoms with Crippen molar-refractivity contribution in [3.8, 4) is 6.07 Å². The molecule has 0 saturated carbocycles. The average Bonchev–Trinajstić information content (AvgIpc) is 2.48. The quantitative estimate of drug-likeness (QED) is 0.305. The van der Waals surface area contributed by atoms with E-state index in [2.05, 4.69) is 25.9 Å². The molecule has 0 bridgehead atoms. The Morgan fingerprint density at radius 2 is 1.91 bits per heavy atom. The van der Waals surface area contributed by atoms with Gasteiger partial charge in [-0.25, -0.2) is 4.79 Å². The standard InChI is InChI=1S/C13H14BrN2O5P/c1-3-19-22(18,20-4-2)12(9-15)16-21-13(17)10-7-5-6-8-11(10)14/h5-8H,3-4H2,1-2H3/b16-12+. The maximum Gasteiger partial charge on any atom is 0.393 e. The second-order valence-electron chi connectivity index (χ2n) is 3.72. The summed E-state index contributed by atoms with van der Waals surface area (Å²) in [5, 5.41) is 12.4. The molecule has 7 nitrogen and oxygen atoms in total. The van der Waals surface area contributed by atoms with Gasteiger partial charge in [-0.3, -0.25) is 4.57 Å². The lowest BCUT2D eigenvalue weighted by atomic mass is 10.2. The molecule has 0 N–H and O–H groups in total. The molecule has 22 heavy (non-hydrogen) atoms. The Balaban J connectivity index is 2.98. The zero-order chi connectivity index (χ0) is 16.6. The van der Waals surface area contributed by atoms with E-state index in [1.807, 2.05) is 0 Å². The molecule has 0 aliphatic rings. The smallest absolute Gasteiger partial charge is 0.311 e. The summed E-state index contributed by atoms with van der Waals surface area (Å²) in [7, 11) is -3.89. The predicted molar refractivity (Wildman–Crippen MR) is 83.5 cm³/mol. The molecule has 0 radical (unpaired) electrons. The highest BCUT2D eigenvalue weighted by Gasteiger charge is 2.33. The largest absolute Gasteiger partial charge is 0.393 e. The second kappa shape index (κ2) is 8.81. The summed E-state index contributed by atoms with van der Waals surface area (Å²) >= 11 is 3.19. The lowest BCUT2D eigenvalue weighted by Crippen LogP contribution is -2.08. The average molecular weight is 389 g/mol. The SMILES string of the molecule is CCOP(=O)(OCC)/C(C#N)=N/OC(=O)c1ccccc1Br. The molecule has 0 fully saturated rings. The van der Waals surface area contributed by atoms with Gasteiger partial charge in [0.1, 0.15) is 6.07 Å². The number of nitrogens with zero attached hydrogens (tertiary/aromatic N) is 2. The van der Waals surface area contributed by atoms with Crippen molar-refractivity contribution in [3.05, 3.63) is 34.3 Å². The van der Waals surface area contributed by atoms with Crippen molar-refractivity contribution < 1.29 is 23.2 Å². The fourth-order valence-electron chi connectivity index (χ4n) is 1.39. The molecular formula is C13H14BrN2O5P. The first-order chi connectivity index (χ1) is 10.5. The van der Waals surface area contributed by atoms with Crippen molar-refractivity contribution in [2.45, 2.75) is 13.8 Å². The predicted octanol–water partition coefficient (Wildman–Crippen LogP) is 3.71. The van der Waals surface area contributed by atoms with Gasteiger partial charge in [-0.2, -0.15) is 5.26 Å². The number of hydrogen-bond acceptors (Lipinski definition) is 7. The maximum atomic E-state index is 12.4. The summed E-state index contributed by atoms with van der Waals surface area (Å²) in [6, 6.07) is 8.11. The molecule has 1 aromatic rings. The molecule has 1 aromatic carbocycles. The maximum absolute atomic E-state index is 12.4. The Labute approximate surface area is 136 Å². The molecule has 0 aliphatic carbocycles. The van der Waals surface area contributed by atoms with Crippen LogP contribution in [0.4, 0.5) is 0 Å². The first-order valence-electron chi connectivity index (χ1n) is 6.32. The molecule has 0 saturated heterocycles. The fourth-order valence-corrected chi connectivity index (χ4v) is 3.10. The Morgan fingerprint density at radius 3 is 2.41 bits per heavy atom. The van der Waals surface area contributed by atoms with E-state index in [0.29, 0.717) is 4.47 Å². The van der Waals surface area contributed by atoms with Crippen LogP contribution in [0, 0.1) is 11.3 Å². The van der Waals surface area contributed by atoms with E-state index in [9.17, 15) is 9.36 Å². The number of hydrogen-bond donors (Lipinski definition) is 0. The van der Waals surface area contributed by atoms with Crippen molar-refractivity contribution in [2.75, 3.05) is 13.2 Å². The van der Waals surface area contributed by atoms with Gasteiger partial charge in [0.15, 0.2) is 0 Å². The van der Waals surface area contributed by atoms with Crippen LogP contribution >= 0.6 is 23.5 Å². The monoisotopic (exact) mass is 388 g/mol. The van der Waals surface area contributed by atoms with Crippen molar-refractivity contribution in [1.29, 1.82) is 5.26 Å². The zero-order valence-corrected chi connectivity index (χ0v) is 14.5. The van der Waals surface area contributed by atoms with Crippen molar-refractivity contribution in [3.63, 3.8) is 0 Å². The lowest BCUT2D eigenvalue weighted by molar-refractivity contribution is 0.0516. The number of benzene rings is 1. The van der Waals surface area contributed by atoms with E-state index in [1.54, 1.807) is 38.1 Å². The van der Waals surface area contributed by atoms with E-state index in [4.69, 9.17) is 14.3 Å². The Bertz CT molecular complexity index is 646. The van der Waals surface area contributed by atoms with Crippen molar-refractivity contribution in [2.24, 2.45) is 5.16 Å². The highest BCUT2D eigenvalue weighted by atomic mass is 79.9. The van der Waals surface area contributed by atoms with Crippen LogP contribution in [0.5, 0.6) is 0 Å². The summed E-state index contributed by atoms with van der Waals surface area (Å²) < 4.78 is 22.8. The second-order valence-corrected chi connectivity index (χ2v) is 6.51. The van der Waals surface area contributed by atoms with E-state index in [0.717, 1.165) is 0 Å². The number of oxime groups is 1. The molecule has 0 amide bonds. The van der Waals surface area contributed by atoms with Gasteiger partial charge in [-0.1, -0.05) is 17.3 Å². The summed E-state index contributed by atoms with van der Waals surface area (Å²) in [4.78, 5) is 16.6. The first kappa shape index (κ1) is 18.5. The fraction of sp³-hybridized carbons (Fsp3) is 0.308. The number of nitriles is 1. The van der Waals surface area contributed by atoms with Crippen LogP contribution in [-0.4, -0.2) is 24.6 Å². The molecule has 0 aromatic heterocycles. The van der Waals surface area contributed by atoms with Gasteiger partial charge >= 0.3 is 13.6 Å². The molecule has 1 rings (SSSR count). The van der Waals surface area contributed by atoms with Crippen molar-refractivity contribution in [1.82, 2.24) is 0 Å². The van der Waals surface area contributed by atoms with Gasteiger partial charge in [0, 0.05) is 4.47 Å². The Morgan fingerprint density at radius 1 is 1.32 bits per heavy atom. The summed E-state index contributed by atoms with van der Waals surface area (Å²) in [6.07, 6.45) is 0. The number of halogens is 1. The van der Waals surface area contributed by atoms with E-state index in [-0.39, 0.29) is 18.8 Å². The molecule has 0 atom stereocenters. The highest BCUT2D eigenvalue weighted by molar-refractivity contribution is 9.10. The van der Waals surface area contributed by atoms with Gasteiger partial charge in [0.2, 0.25) is 0 Å². The van der Waals surface area contributed by atoms with Gasteiger partial charge in [0.25, 0.3) is 5.45 Å². The Kier molecular flexibility index (Phi) is 7.42. The molecule has 0 spiro atoms. The van der Waals surface area contributed by atoms with E-state index >= 15 is 0 Å². The first-order valence-corrected chi connectivity index (χ1v) is 8.65. The van der Waals surface area contributed by atoms with Gasteiger partial charge in [-0.05, 0) is 41.9 Å². The number of rotatable bonds is 7. The van der Waals surface area contributed by atoms with E-state index in [1.165, 1.54) is 6.07 Å². The minimum Gasteiger partial charge on any atom is -0.311 e. The molecule has 118 valence electrons. The number of carbonyl (C=O) groups is 1. The van der Waals surface area contributed by atoms with Crippen LogP contribution in [0.1, 0.15) is 24.2 Å². The number of carbonyl (C=O) groups excluding carboxylic acids is 1. The molecular weight excluding hydrogens is 375 g/mol. The molecule has 9 heteroatoms. The van der Waals surface area contributed by atoms with Crippen LogP contribution < -0.4 is 0 Å². The third kappa shape index (κ3) is 4.75. The van der Waals surface area contributed by atoms with Crippen LogP contribution in [0.2, 0.25) is 0 Å². The third-order valence-electron chi connectivity index (χ3n) is 2.27. The van der Waals surface area contributed by atoms with E-state index < -0.39 is 19.0 Å². The minimum absolute atomic E-state index is 0.0517. The lowest BCUT2D eigenvalue weighted by Gasteiger charge is -2.13. The molecule has 0 aliphatic heterocycles. The minimum atomic E-state index is -3.89. The summed E-state index contributed by atoms with van der Waals surface area (Å²) in [5.41, 5.74) is -0.400. The van der Waals surface area contributed by atoms with Crippen LogP contribution in [0.15, 0.2) is 33.9 Å². The highest BCUT2D eigenvalue weighted by Crippen LogP contribution is 2.49. The topological polar surface area (TPSA) is 98.0 Å². The molecule has 0 heterocycles. The van der Waals surface area contributed by atoms with Crippen LogP contribution in [-0.2, 0) is 18.5 Å². The summed E-state index contributed by atoms with van der Waals surface area (Å²) in [6.45, 7) is 3.29. The summed E-state index contributed by atoms with van der Waals surface area (Å²) in [5.74, 6) is -0.806. The normalized spacial score (nSPS) is 11.8.